The fraction of sp³-hybridized carbons (Fsp3) is 0.600. The highest BCUT2D eigenvalue weighted by Gasteiger charge is 2.24. The second kappa shape index (κ2) is 4.63. The van der Waals surface area contributed by atoms with Gasteiger partial charge in [-0.3, -0.25) is 9.69 Å². The van der Waals surface area contributed by atoms with E-state index in [-0.39, 0.29) is 12.6 Å². The first-order valence-corrected chi connectivity index (χ1v) is 5.22. The van der Waals surface area contributed by atoms with E-state index in [1.807, 2.05) is 11.8 Å². The highest BCUT2D eigenvalue weighted by atomic mass is 16.5. The molecule has 1 aromatic heterocycles. The van der Waals surface area contributed by atoms with E-state index in [9.17, 15) is 4.79 Å². The molecule has 1 aliphatic rings. The lowest BCUT2D eigenvalue weighted by atomic mass is 10.2. The number of carboxylic acids is 1. The quantitative estimate of drug-likeness (QED) is 0.767. The van der Waals surface area contributed by atoms with E-state index in [0.717, 1.165) is 11.5 Å². The summed E-state index contributed by atoms with van der Waals surface area (Å²) in [4.78, 5) is 19.8. The molecule has 1 unspecified atom stereocenters. The van der Waals surface area contributed by atoms with Crippen LogP contribution in [0.4, 0.5) is 0 Å². The van der Waals surface area contributed by atoms with Crippen LogP contribution in [-0.4, -0.2) is 52.2 Å². The van der Waals surface area contributed by atoms with E-state index in [1.165, 1.54) is 0 Å². The number of aryl methyl sites for hydroxylation is 1. The molecule has 1 fully saturated rings. The van der Waals surface area contributed by atoms with Gasteiger partial charge in [-0.2, -0.15) is 0 Å². The lowest BCUT2D eigenvalue weighted by Crippen LogP contribution is -2.41. The van der Waals surface area contributed by atoms with Crippen molar-refractivity contribution >= 4 is 5.97 Å². The number of carbonyl (C=O) groups is 1. The smallest absolute Gasteiger partial charge is 0.317 e. The summed E-state index contributed by atoms with van der Waals surface area (Å²) in [5.74, 6) is -0.0381. The van der Waals surface area contributed by atoms with E-state index in [2.05, 4.69) is 9.97 Å². The molecule has 0 spiro atoms. The van der Waals surface area contributed by atoms with Gasteiger partial charge in [-0.1, -0.05) is 0 Å². The van der Waals surface area contributed by atoms with Gasteiger partial charge in [0.15, 0.2) is 0 Å². The third-order valence-electron chi connectivity index (χ3n) is 2.54. The number of carboxylic acid groups (broad SMARTS) is 1. The Morgan fingerprint density at radius 2 is 2.62 bits per heavy atom. The topological polar surface area (TPSA) is 78.5 Å². The number of hydrogen-bond donors (Lipinski definition) is 2. The number of nitrogens with zero attached hydrogens (tertiary/aromatic N) is 2. The fourth-order valence-electron chi connectivity index (χ4n) is 1.80. The van der Waals surface area contributed by atoms with Gasteiger partial charge in [0.2, 0.25) is 0 Å². The predicted molar refractivity (Wildman–Crippen MR) is 56.1 cm³/mol. The molecule has 0 saturated carbocycles. The van der Waals surface area contributed by atoms with E-state index in [1.54, 1.807) is 6.20 Å². The third-order valence-corrected chi connectivity index (χ3v) is 2.54. The Morgan fingerprint density at radius 3 is 3.25 bits per heavy atom. The molecule has 2 N–H and O–H groups in total. The summed E-state index contributed by atoms with van der Waals surface area (Å²) in [6, 6.07) is 0. The zero-order chi connectivity index (χ0) is 11.5. The molecule has 6 heteroatoms. The van der Waals surface area contributed by atoms with Crippen molar-refractivity contribution in [3.05, 3.63) is 17.7 Å². The second-order valence-electron chi connectivity index (χ2n) is 3.94. The molecule has 16 heavy (non-hydrogen) atoms. The van der Waals surface area contributed by atoms with Crippen molar-refractivity contribution in [1.29, 1.82) is 0 Å². The molecular weight excluding hydrogens is 210 g/mol. The highest BCUT2D eigenvalue weighted by Crippen LogP contribution is 2.19. The van der Waals surface area contributed by atoms with Crippen LogP contribution in [0.3, 0.4) is 0 Å². The molecule has 0 amide bonds. The second-order valence-corrected chi connectivity index (χ2v) is 3.94. The molecular formula is C10H15N3O3. The number of H-pyrrole nitrogens is 1. The van der Waals surface area contributed by atoms with E-state index < -0.39 is 5.97 Å². The molecule has 2 rings (SSSR count). The summed E-state index contributed by atoms with van der Waals surface area (Å²) in [7, 11) is 0. The van der Waals surface area contributed by atoms with Crippen molar-refractivity contribution < 1.29 is 14.6 Å². The third kappa shape index (κ3) is 2.59. The molecule has 1 atom stereocenters. The molecule has 0 radical (unpaired) electrons. The highest BCUT2D eigenvalue weighted by molar-refractivity contribution is 5.69. The molecule has 0 aromatic carbocycles. The van der Waals surface area contributed by atoms with E-state index in [4.69, 9.17) is 9.84 Å². The predicted octanol–water partition coefficient (Wildman–Crippen LogP) is 0.176. The van der Waals surface area contributed by atoms with Gasteiger partial charge in [0, 0.05) is 25.0 Å². The first-order valence-electron chi connectivity index (χ1n) is 5.22. The maximum absolute atomic E-state index is 10.6. The summed E-state index contributed by atoms with van der Waals surface area (Å²) in [6.07, 6.45) is 1.59. The van der Waals surface area contributed by atoms with Crippen LogP contribution >= 0.6 is 0 Å². The molecule has 88 valence electrons. The summed E-state index contributed by atoms with van der Waals surface area (Å²) < 4.78 is 5.56. The van der Waals surface area contributed by atoms with Crippen LogP contribution in [0, 0.1) is 6.92 Å². The van der Waals surface area contributed by atoms with Crippen LogP contribution in [0.25, 0.3) is 0 Å². The first kappa shape index (κ1) is 11.1. The Balaban J connectivity index is 1.99. The number of aliphatic carboxylic acids is 1. The fourth-order valence-corrected chi connectivity index (χ4v) is 1.80. The number of aromatic nitrogens is 2. The standard InChI is InChI=1S/C10H15N3O3/c1-7-4-11-10(12-7)8-5-13(2-3-16-8)6-9(14)15/h4,8H,2-3,5-6H2,1H3,(H,11,12)(H,14,15). The molecule has 0 aliphatic carbocycles. The molecule has 1 aliphatic heterocycles. The summed E-state index contributed by atoms with van der Waals surface area (Å²) in [5.41, 5.74) is 0.981. The zero-order valence-electron chi connectivity index (χ0n) is 9.14. The Kier molecular flexibility index (Phi) is 3.21. The van der Waals surface area contributed by atoms with Gasteiger partial charge in [-0.25, -0.2) is 4.98 Å². The molecule has 1 aromatic rings. The maximum Gasteiger partial charge on any atom is 0.317 e. The number of imidazole rings is 1. The van der Waals surface area contributed by atoms with Gasteiger partial charge < -0.3 is 14.8 Å². The van der Waals surface area contributed by atoms with E-state index >= 15 is 0 Å². The number of aromatic amines is 1. The van der Waals surface area contributed by atoms with Crippen LogP contribution in [-0.2, 0) is 9.53 Å². The first-order chi connectivity index (χ1) is 7.65. The number of ether oxygens (including phenoxy) is 1. The zero-order valence-corrected chi connectivity index (χ0v) is 9.14. The average Bonchev–Trinajstić information content (AvgIpc) is 2.64. The summed E-state index contributed by atoms with van der Waals surface area (Å²) in [6.45, 7) is 3.74. The monoisotopic (exact) mass is 225 g/mol. The van der Waals surface area contributed by atoms with Crippen LogP contribution < -0.4 is 0 Å². The Labute approximate surface area is 93.2 Å². The number of morpholine rings is 1. The van der Waals surface area contributed by atoms with Crippen molar-refractivity contribution in [3.63, 3.8) is 0 Å². The van der Waals surface area contributed by atoms with Crippen molar-refractivity contribution in [1.82, 2.24) is 14.9 Å². The van der Waals surface area contributed by atoms with E-state index in [0.29, 0.717) is 19.7 Å². The lowest BCUT2D eigenvalue weighted by Gasteiger charge is -2.30. The number of rotatable bonds is 3. The van der Waals surface area contributed by atoms with Crippen molar-refractivity contribution in [2.24, 2.45) is 0 Å². The van der Waals surface area contributed by atoms with Crippen molar-refractivity contribution in [3.8, 4) is 0 Å². The van der Waals surface area contributed by atoms with Crippen molar-refractivity contribution in [2.75, 3.05) is 26.2 Å². The number of hydrogen-bond acceptors (Lipinski definition) is 4. The minimum Gasteiger partial charge on any atom is -0.480 e. The van der Waals surface area contributed by atoms with Gasteiger partial charge in [-0.15, -0.1) is 0 Å². The van der Waals surface area contributed by atoms with Crippen LogP contribution in [0.5, 0.6) is 0 Å². The van der Waals surface area contributed by atoms with Crippen molar-refractivity contribution in [2.45, 2.75) is 13.0 Å². The maximum atomic E-state index is 10.6. The normalized spacial score (nSPS) is 22.2. The minimum atomic E-state index is -0.809. The summed E-state index contributed by atoms with van der Waals surface area (Å²) in [5, 5.41) is 8.72. The Morgan fingerprint density at radius 1 is 1.81 bits per heavy atom. The molecule has 1 saturated heterocycles. The summed E-state index contributed by atoms with van der Waals surface area (Å²) >= 11 is 0. The van der Waals surface area contributed by atoms with Gasteiger partial charge in [0.05, 0.1) is 13.2 Å². The average molecular weight is 225 g/mol. The lowest BCUT2D eigenvalue weighted by molar-refractivity contribution is -0.140. The molecule has 6 nitrogen and oxygen atoms in total. The van der Waals surface area contributed by atoms with Gasteiger partial charge in [0.1, 0.15) is 11.9 Å². The number of nitrogens with one attached hydrogen (secondary N) is 1. The van der Waals surface area contributed by atoms with Gasteiger partial charge in [-0.05, 0) is 6.92 Å². The Bertz CT molecular complexity index is 377. The van der Waals surface area contributed by atoms with Crippen LogP contribution in [0.2, 0.25) is 0 Å². The Hall–Kier alpha value is -1.40. The molecule has 2 heterocycles. The largest absolute Gasteiger partial charge is 0.480 e. The van der Waals surface area contributed by atoms with Gasteiger partial charge in [0.25, 0.3) is 0 Å². The minimum absolute atomic E-state index is 0.0551. The van der Waals surface area contributed by atoms with Crippen LogP contribution in [0.15, 0.2) is 6.20 Å². The SMILES string of the molecule is Cc1cnc(C2CN(CC(=O)O)CCO2)[nH]1. The van der Waals surface area contributed by atoms with Crippen LogP contribution in [0.1, 0.15) is 17.6 Å². The van der Waals surface area contributed by atoms with Gasteiger partial charge >= 0.3 is 5.97 Å². The molecule has 0 bridgehead atoms.